The monoisotopic (exact) mass is 225 g/mol. The normalized spacial score (nSPS) is 20.1. The average molecular weight is 225 g/mol. The Kier molecular flexibility index (Phi) is 3.29. The molecule has 15 heavy (non-hydrogen) atoms. The maximum atomic E-state index is 10.5. The quantitative estimate of drug-likeness (QED) is 0.779. The number of pyridine rings is 1. The molecule has 3 nitrogen and oxygen atoms in total. The first-order valence-electron chi connectivity index (χ1n) is 5.06. The molecule has 0 spiro atoms. The number of aromatic nitrogens is 1. The minimum Gasteiger partial charge on any atom is -0.385 e. The SMILES string of the molecule is CSc1ncccc1C1(O)CCOCC1. The second-order valence-electron chi connectivity index (χ2n) is 3.70. The molecule has 1 N–H and O–H groups in total. The third-order valence-corrected chi connectivity index (χ3v) is 3.50. The minimum absolute atomic E-state index is 0.624. The van der Waals surface area contributed by atoms with E-state index in [1.807, 2.05) is 18.4 Å². The van der Waals surface area contributed by atoms with Gasteiger partial charge >= 0.3 is 0 Å². The van der Waals surface area contributed by atoms with E-state index in [0.29, 0.717) is 26.1 Å². The van der Waals surface area contributed by atoms with E-state index in [-0.39, 0.29) is 0 Å². The van der Waals surface area contributed by atoms with Crippen LogP contribution in [-0.4, -0.2) is 29.6 Å². The van der Waals surface area contributed by atoms with Crippen molar-refractivity contribution in [1.82, 2.24) is 4.98 Å². The summed E-state index contributed by atoms with van der Waals surface area (Å²) < 4.78 is 5.27. The molecular weight excluding hydrogens is 210 g/mol. The summed E-state index contributed by atoms with van der Waals surface area (Å²) in [5, 5.41) is 11.4. The van der Waals surface area contributed by atoms with Gasteiger partial charge in [-0.05, 0) is 12.3 Å². The van der Waals surface area contributed by atoms with Gasteiger partial charge in [0.25, 0.3) is 0 Å². The van der Waals surface area contributed by atoms with Gasteiger partial charge < -0.3 is 9.84 Å². The summed E-state index contributed by atoms with van der Waals surface area (Å²) in [7, 11) is 0. The highest BCUT2D eigenvalue weighted by Crippen LogP contribution is 2.35. The van der Waals surface area contributed by atoms with Crippen molar-refractivity contribution in [3.63, 3.8) is 0 Å². The molecule has 1 aromatic rings. The van der Waals surface area contributed by atoms with E-state index in [9.17, 15) is 5.11 Å². The Morgan fingerprint density at radius 3 is 2.87 bits per heavy atom. The van der Waals surface area contributed by atoms with Crippen molar-refractivity contribution in [2.75, 3.05) is 19.5 Å². The van der Waals surface area contributed by atoms with Gasteiger partial charge in [-0.15, -0.1) is 11.8 Å². The predicted molar refractivity (Wildman–Crippen MR) is 60.0 cm³/mol. The molecule has 0 amide bonds. The molecule has 1 aliphatic heterocycles. The average Bonchev–Trinajstić information content (AvgIpc) is 2.30. The van der Waals surface area contributed by atoms with E-state index in [4.69, 9.17) is 4.74 Å². The highest BCUT2D eigenvalue weighted by Gasteiger charge is 2.33. The van der Waals surface area contributed by atoms with Crippen LogP contribution in [0.25, 0.3) is 0 Å². The highest BCUT2D eigenvalue weighted by molar-refractivity contribution is 7.98. The van der Waals surface area contributed by atoms with Crippen LogP contribution in [0, 0.1) is 0 Å². The zero-order chi connectivity index (χ0) is 10.7. The lowest BCUT2D eigenvalue weighted by Crippen LogP contribution is -2.34. The van der Waals surface area contributed by atoms with Crippen molar-refractivity contribution in [2.45, 2.75) is 23.5 Å². The van der Waals surface area contributed by atoms with Gasteiger partial charge in [-0.2, -0.15) is 0 Å². The zero-order valence-electron chi connectivity index (χ0n) is 8.77. The Morgan fingerprint density at radius 1 is 1.47 bits per heavy atom. The van der Waals surface area contributed by atoms with Crippen molar-refractivity contribution in [3.8, 4) is 0 Å². The fourth-order valence-electron chi connectivity index (χ4n) is 1.89. The first kappa shape index (κ1) is 10.9. The van der Waals surface area contributed by atoms with Gasteiger partial charge in [-0.1, -0.05) is 6.07 Å². The molecule has 0 saturated carbocycles. The van der Waals surface area contributed by atoms with Crippen molar-refractivity contribution in [3.05, 3.63) is 23.9 Å². The highest BCUT2D eigenvalue weighted by atomic mass is 32.2. The standard InChI is InChI=1S/C11H15NO2S/c1-15-10-9(3-2-6-12-10)11(13)4-7-14-8-5-11/h2-3,6,13H,4-5,7-8H2,1H3. The zero-order valence-corrected chi connectivity index (χ0v) is 9.59. The Labute approximate surface area is 93.9 Å². The van der Waals surface area contributed by atoms with Crippen molar-refractivity contribution in [2.24, 2.45) is 0 Å². The lowest BCUT2D eigenvalue weighted by molar-refractivity contribution is -0.0698. The number of rotatable bonds is 2. The fraction of sp³-hybridized carbons (Fsp3) is 0.545. The van der Waals surface area contributed by atoms with E-state index < -0.39 is 5.60 Å². The van der Waals surface area contributed by atoms with Gasteiger partial charge in [0.1, 0.15) is 5.03 Å². The molecular formula is C11H15NO2S. The molecule has 1 fully saturated rings. The van der Waals surface area contributed by atoms with Crippen LogP contribution in [0.5, 0.6) is 0 Å². The number of thioether (sulfide) groups is 1. The molecule has 1 saturated heterocycles. The number of hydrogen-bond donors (Lipinski definition) is 1. The van der Waals surface area contributed by atoms with E-state index in [2.05, 4.69) is 4.98 Å². The van der Waals surface area contributed by atoms with Gasteiger partial charge in [0.15, 0.2) is 0 Å². The Hall–Kier alpha value is -0.580. The third-order valence-electron chi connectivity index (χ3n) is 2.79. The summed E-state index contributed by atoms with van der Waals surface area (Å²) in [6.45, 7) is 1.25. The van der Waals surface area contributed by atoms with Crippen LogP contribution in [0.4, 0.5) is 0 Å². The summed E-state index contributed by atoms with van der Waals surface area (Å²) in [5.74, 6) is 0. The van der Waals surface area contributed by atoms with Crippen LogP contribution < -0.4 is 0 Å². The molecule has 0 radical (unpaired) electrons. The van der Waals surface area contributed by atoms with Crippen LogP contribution in [0.15, 0.2) is 23.4 Å². The summed E-state index contributed by atoms with van der Waals surface area (Å²) in [6.07, 6.45) is 5.06. The van der Waals surface area contributed by atoms with Crippen LogP contribution in [-0.2, 0) is 10.3 Å². The molecule has 1 aromatic heterocycles. The van der Waals surface area contributed by atoms with E-state index in [1.54, 1.807) is 18.0 Å². The van der Waals surface area contributed by atoms with E-state index in [1.165, 1.54) is 0 Å². The minimum atomic E-state index is -0.745. The second kappa shape index (κ2) is 4.51. The Balaban J connectivity index is 2.34. The lowest BCUT2D eigenvalue weighted by atomic mass is 9.87. The summed E-state index contributed by atoms with van der Waals surface area (Å²) >= 11 is 1.58. The van der Waals surface area contributed by atoms with Crippen LogP contribution in [0.1, 0.15) is 18.4 Å². The molecule has 4 heteroatoms. The lowest BCUT2D eigenvalue weighted by Gasteiger charge is -2.33. The smallest absolute Gasteiger partial charge is 0.102 e. The van der Waals surface area contributed by atoms with Crippen LogP contribution in [0.3, 0.4) is 0 Å². The summed E-state index contributed by atoms with van der Waals surface area (Å²) in [5.41, 5.74) is 0.200. The van der Waals surface area contributed by atoms with Crippen molar-refractivity contribution >= 4 is 11.8 Å². The van der Waals surface area contributed by atoms with Gasteiger partial charge in [-0.3, -0.25) is 0 Å². The molecule has 2 rings (SSSR count). The molecule has 0 aromatic carbocycles. The molecule has 1 aliphatic rings. The topological polar surface area (TPSA) is 42.4 Å². The number of ether oxygens (including phenoxy) is 1. The maximum Gasteiger partial charge on any atom is 0.102 e. The number of nitrogens with zero attached hydrogens (tertiary/aromatic N) is 1. The van der Waals surface area contributed by atoms with Crippen LogP contribution >= 0.6 is 11.8 Å². The summed E-state index contributed by atoms with van der Waals surface area (Å²) in [6, 6.07) is 3.84. The molecule has 0 bridgehead atoms. The van der Waals surface area contributed by atoms with E-state index in [0.717, 1.165) is 10.6 Å². The van der Waals surface area contributed by atoms with Crippen LogP contribution in [0.2, 0.25) is 0 Å². The van der Waals surface area contributed by atoms with Gasteiger partial charge in [0.05, 0.1) is 5.60 Å². The van der Waals surface area contributed by atoms with Gasteiger partial charge in [-0.25, -0.2) is 4.98 Å². The Morgan fingerprint density at radius 2 is 2.20 bits per heavy atom. The molecule has 0 atom stereocenters. The van der Waals surface area contributed by atoms with Gasteiger partial charge in [0, 0.05) is 37.8 Å². The van der Waals surface area contributed by atoms with Crippen molar-refractivity contribution in [1.29, 1.82) is 0 Å². The predicted octanol–water partition coefficient (Wildman–Crippen LogP) is 1.80. The largest absolute Gasteiger partial charge is 0.385 e. The second-order valence-corrected chi connectivity index (χ2v) is 4.50. The number of hydrogen-bond acceptors (Lipinski definition) is 4. The fourth-order valence-corrected chi connectivity index (χ4v) is 2.53. The Bertz CT molecular complexity index is 337. The molecule has 0 aliphatic carbocycles. The summed E-state index contributed by atoms with van der Waals surface area (Å²) in [4.78, 5) is 4.28. The molecule has 2 heterocycles. The van der Waals surface area contributed by atoms with E-state index >= 15 is 0 Å². The van der Waals surface area contributed by atoms with Crippen molar-refractivity contribution < 1.29 is 9.84 Å². The first-order valence-corrected chi connectivity index (χ1v) is 6.28. The first-order chi connectivity index (χ1) is 7.26. The third kappa shape index (κ3) is 2.17. The molecule has 82 valence electrons. The molecule has 0 unspecified atom stereocenters. The number of aliphatic hydroxyl groups is 1. The maximum absolute atomic E-state index is 10.5. The van der Waals surface area contributed by atoms with Gasteiger partial charge in [0.2, 0.25) is 0 Å².